The molecule has 0 atom stereocenters. The fourth-order valence-electron chi connectivity index (χ4n) is 1.88. The molecule has 24 heavy (non-hydrogen) atoms. The third-order valence-electron chi connectivity index (χ3n) is 3.10. The first-order chi connectivity index (χ1) is 11.4. The molecule has 1 heterocycles. The number of aromatic nitrogens is 2. The SMILES string of the molecule is O=C(NCC(F)F)c1ccc(S(=O)(=O)NCCc2cn[nH]c2)cc1. The van der Waals surface area contributed by atoms with Crippen molar-refractivity contribution in [3.63, 3.8) is 0 Å². The van der Waals surface area contributed by atoms with Gasteiger partial charge < -0.3 is 5.32 Å². The number of alkyl halides is 2. The number of nitrogens with zero attached hydrogens (tertiary/aromatic N) is 1. The van der Waals surface area contributed by atoms with Crippen molar-refractivity contribution < 1.29 is 22.0 Å². The van der Waals surface area contributed by atoms with Gasteiger partial charge in [-0.3, -0.25) is 9.89 Å². The molecule has 1 aromatic heterocycles. The van der Waals surface area contributed by atoms with Crippen molar-refractivity contribution in [2.45, 2.75) is 17.7 Å². The number of halogens is 2. The number of aromatic amines is 1. The fraction of sp³-hybridized carbons (Fsp3) is 0.286. The molecule has 2 aromatic rings. The molecular weight excluding hydrogens is 342 g/mol. The van der Waals surface area contributed by atoms with Gasteiger partial charge in [-0.05, 0) is 36.2 Å². The number of carbonyl (C=O) groups excluding carboxylic acids is 1. The van der Waals surface area contributed by atoms with Crippen LogP contribution in [0.5, 0.6) is 0 Å². The number of nitrogens with one attached hydrogen (secondary N) is 3. The third kappa shape index (κ3) is 5.10. The van der Waals surface area contributed by atoms with Gasteiger partial charge >= 0.3 is 0 Å². The highest BCUT2D eigenvalue weighted by Gasteiger charge is 2.15. The molecule has 1 amide bonds. The number of hydrogen-bond acceptors (Lipinski definition) is 4. The van der Waals surface area contributed by atoms with Crippen LogP contribution in [0.15, 0.2) is 41.6 Å². The van der Waals surface area contributed by atoms with Crippen molar-refractivity contribution in [3.8, 4) is 0 Å². The topological polar surface area (TPSA) is 104 Å². The van der Waals surface area contributed by atoms with Crippen molar-refractivity contribution in [1.82, 2.24) is 20.2 Å². The third-order valence-corrected chi connectivity index (χ3v) is 4.58. The molecule has 0 aliphatic rings. The largest absolute Gasteiger partial charge is 0.346 e. The molecule has 0 bridgehead atoms. The average Bonchev–Trinajstić information content (AvgIpc) is 3.06. The van der Waals surface area contributed by atoms with Crippen LogP contribution in [0.1, 0.15) is 15.9 Å². The van der Waals surface area contributed by atoms with Crippen molar-refractivity contribution in [2.75, 3.05) is 13.1 Å². The number of hydrogen-bond donors (Lipinski definition) is 3. The maximum atomic E-state index is 12.1. The molecule has 10 heteroatoms. The van der Waals surface area contributed by atoms with Gasteiger partial charge in [0.1, 0.15) is 0 Å². The summed E-state index contributed by atoms with van der Waals surface area (Å²) in [5.74, 6) is -0.688. The smallest absolute Gasteiger partial charge is 0.255 e. The van der Waals surface area contributed by atoms with E-state index in [0.29, 0.717) is 6.42 Å². The van der Waals surface area contributed by atoms with Crippen LogP contribution in [-0.4, -0.2) is 44.0 Å². The lowest BCUT2D eigenvalue weighted by atomic mass is 10.2. The predicted molar refractivity (Wildman–Crippen MR) is 82.3 cm³/mol. The molecule has 0 aliphatic carbocycles. The van der Waals surface area contributed by atoms with E-state index in [1.165, 1.54) is 24.3 Å². The van der Waals surface area contributed by atoms with Crippen LogP contribution in [0, 0.1) is 0 Å². The van der Waals surface area contributed by atoms with E-state index in [1.54, 1.807) is 12.4 Å². The first-order valence-electron chi connectivity index (χ1n) is 7.02. The molecular formula is C14H16F2N4O3S. The Hall–Kier alpha value is -2.33. The van der Waals surface area contributed by atoms with E-state index in [4.69, 9.17) is 0 Å². The highest BCUT2D eigenvalue weighted by Crippen LogP contribution is 2.11. The van der Waals surface area contributed by atoms with Gasteiger partial charge in [0.15, 0.2) is 0 Å². The maximum absolute atomic E-state index is 12.1. The van der Waals surface area contributed by atoms with Crippen molar-refractivity contribution in [2.24, 2.45) is 0 Å². The molecule has 3 N–H and O–H groups in total. The first-order valence-corrected chi connectivity index (χ1v) is 8.50. The Morgan fingerprint density at radius 3 is 2.54 bits per heavy atom. The summed E-state index contributed by atoms with van der Waals surface area (Å²) in [7, 11) is -3.71. The van der Waals surface area contributed by atoms with Gasteiger partial charge in [-0.25, -0.2) is 21.9 Å². The summed E-state index contributed by atoms with van der Waals surface area (Å²) >= 11 is 0. The van der Waals surface area contributed by atoms with Gasteiger partial charge in [-0.2, -0.15) is 5.10 Å². The molecule has 0 saturated carbocycles. The Labute approximate surface area is 137 Å². The van der Waals surface area contributed by atoms with Crippen LogP contribution in [0.2, 0.25) is 0 Å². The quantitative estimate of drug-likeness (QED) is 0.653. The van der Waals surface area contributed by atoms with Crippen LogP contribution >= 0.6 is 0 Å². The average molecular weight is 358 g/mol. The predicted octanol–water partition coefficient (Wildman–Crippen LogP) is 0.926. The minimum Gasteiger partial charge on any atom is -0.346 e. The van der Waals surface area contributed by atoms with Crippen LogP contribution in [0.25, 0.3) is 0 Å². The molecule has 0 unspecified atom stereocenters. The van der Waals surface area contributed by atoms with E-state index in [-0.39, 0.29) is 17.0 Å². The van der Waals surface area contributed by atoms with Crippen molar-refractivity contribution in [1.29, 1.82) is 0 Å². The standard InChI is InChI=1S/C14H16F2N4O3S/c15-13(16)9-17-14(21)11-1-3-12(4-2-11)24(22,23)20-6-5-10-7-18-19-8-10/h1-4,7-8,13,20H,5-6,9H2,(H,17,21)(H,18,19). The molecule has 0 aliphatic heterocycles. The minimum absolute atomic E-state index is 0.0138. The second-order valence-corrected chi connectivity index (χ2v) is 6.65. The van der Waals surface area contributed by atoms with Gasteiger partial charge in [-0.15, -0.1) is 0 Å². The number of rotatable bonds is 8. The van der Waals surface area contributed by atoms with Gasteiger partial charge in [0.25, 0.3) is 12.3 Å². The highest BCUT2D eigenvalue weighted by molar-refractivity contribution is 7.89. The molecule has 0 saturated heterocycles. The molecule has 130 valence electrons. The number of H-pyrrole nitrogens is 1. The van der Waals surface area contributed by atoms with Crippen molar-refractivity contribution >= 4 is 15.9 Å². The molecule has 7 nitrogen and oxygen atoms in total. The number of benzene rings is 1. The Balaban J connectivity index is 1.94. The summed E-state index contributed by atoms with van der Waals surface area (Å²) in [6.45, 7) is -0.563. The normalized spacial score (nSPS) is 11.6. The van der Waals surface area contributed by atoms with E-state index in [0.717, 1.165) is 5.56 Å². The zero-order valence-electron chi connectivity index (χ0n) is 12.5. The summed E-state index contributed by atoms with van der Waals surface area (Å²) in [5.41, 5.74) is 0.969. The maximum Gasteiger partial charge on any atom is 0.255 e. The molecule has 0 spiro atoms. The van der Waals surface area contributed by atoms with E-state index in [2.05, 4.69) is 14.9 Å². The van der Waals surface area contributed by atoms with Crippen LogP contribution < -0.4 is 10.0 Å². The Bertz CT molecular complexity index is 762. The number of sulfonamides is 1. The lowest BCUT2D eigenvalue weighted by molar-refractivity contribution is 0.0891. The zero-order valence-corrected chi connectivity index (χ0v) is 13.3. The Morgan fingerprint density at radius 1 is 1.25 bits per heavy atom. The van der Waals surface area contributed by atoms with Crippen LogP contribution in [0.3, 0.4) is 0 Å². The van der Waals surface area contributed by atoms with Gasteiger partial charge in [-0.1, -0.05) is 0 Å². The molecule has 0 radical (unpaired) electrons. The van der Waals surface area contributed by atoms with Gasteiger partial charge in [0, 0.05) is 18.3 Å². The number of carbonyl (C=O) groups is 1. The van der Waals surface area contributed by atoms with Crippen LogP contribution in [0.4, 0.5) is 8.78 Å². The van der Waals surface area contributed by atoms with Crippen molar-refractivity contribution in [3.05, 3.63) is 47.8 Å². The summed E-state index contributed by atoms with van der Waals surface area (Å²) < 4.78 is 50.8. The Kier molecular flexibility index (Phi) is 5.99. The summed E-state index contributed by atoms with van der Waals surface area (Å²) in [6, 6.07) is 5.03. The highest BCUT2D eigenvalue weighted by atomic mass is 32.2. The van der Waals surface area contributed by atoms with E-state index < -0.39 is 28.9 Å². The molecule has 0 fully saturated rings. The minimum atomic E-state index is -3.71. The summed E-state index contributed by atoms with van der Waals surface area (Å²) in [6.07, 6.45) is 1.10. The second-order valence-electron chi connectivity index (χ2n) is 4.88. The lowest BCUT2D eigenvalue weighted by Gasteiger charge is -2.08. The zero-order chi connectivity index (χ0) is 17.6. The second kappa shape index (κ2) is 7.97. The van der Waals surface area contributed by atoms with E-state index >= 15 is 0 Å². The monoisotopic (exact) mass is 358 g/mol. The van der Waals surface area contributed by atoms with E-state index in [1.807, 2.05) is 5.32 Å². The summed E-state index contributed by atoms with van der Waals surface area (Å²) in [4.78, 5) is 11.6. The van der Waals surface area contributed by atoms with Gasteiger partial charge in [0.2, 0.25) is 10.0 Å². The summed E-state index contributed by atoms with van der Waals surface area (Å²) in [5, 5.41) is 8.44. The van der Waals surface area contributed by atoms with Crippen LogP contribution in [-0.2, 0) is 16.4 Å². The fourth-order valence-corrected chi connectivity index (χ4v) is 2.92. The lowest BCUT2D eigenvalue weighted by Crippen LogP contribution is -2.28. The van der Waals surface area contributed by atoms with Gasteiger partial charge in [0.05, 0.1) is 17.6 Å². The molecule has 2 rings (SSSR count). The Morgan fingerprint density at radius 2 is 1.96 bits per heavy atom. The first kappa shape index (κ1) is 18.0. The number of amides is 1. The van der Waals surface area contributed by atoms with E-state index in [9.17, 15) is 22.0 Å². The molecule has 1 aromatic carbocycles.